The van der Waals surface area contributed by atoms with Gasteiger partial charge in [0.25, 0.3) is 0 Å². The van der Waals surface area contributed by atoms with E-state index in [9.17, 15) is 4.79 Å². The van der Waals surface area contributed by atoms with Gasteiger partial charge in [-0.3, -0.25) is 9.78 Å². The van der Waals surface area contributed by atoms with E-state index in [1.165, 1.54) is 27.4 Å². The van der Waals surface area contributed by atoms with E-state index in [1.54, 1.807) is 18.0 Å². The Balaban J connectivity index is 1.49. The molecule has 0 unspecified atom stereocenters. The molecule has 7 heteroatoms. The lowest BCUT2D eigenvalue weighted by molar-refractivity contribution is -0.115. The number of anilines is 1. The maximum atomic E-state index is 12.1. The highest BCUT2D eigenvalue weighted by Gasteiger charge is 2.10. The normalized spacial score (nSPS) is 10.6. The predicted octanol–water partition coefficient (Wildman–Crippen LogP) is 4.34. The number of pyridine rings is 1. The van der Waals surface area contributed by atoms with E-state index in [-0.39, 0.29) is 5.91 Å². The van der Waals surface area contributed by atoms with Crippen LogP contribution in [0.25, 0.3) is 10.7 Å². The fraction of sp³-hybridized carbons (Fsp3) is 0.222. The molecule has 25 heavy (non-hydrogen) atoms. The molecule has 1 amide bonds. The molecule has 0 aliphatic rings. The van der Waals surface area contributed by atoms with Crippen LogP contribution in [0.2, 0.25) is 0 Å². The van der Waals surface area contributed by atoms with Crippen LogP contribution in [-0.4, -0.2) is 26.8 Å². The summed E-state index contributed by atoms with van der Waals surface area (Å²) in [7, 11) is 0. The Morgan fingerprint density at radius 1 is 1.16 bits per heavy atom. The number of nitrogens with one attached hydrogen (secondary N) is 1. The zero-order chi connectivity index (χ0) is 17.6. The van der Waals surface area contributed by atoms with Gasteiger partial charge < -0.3 is 5.32 Å². The van der Waals surface area contributed by atoms with Crippen molar-refractivity contribution in [3.63, 3.8) is 0 Å². The quantitative estimate of drug-likeness (QED) is 0.654. The number of nitrogens with zero attached hydrogens (tertiary/aromatic N) is 3. The van der Waals surface area contributed by atoms with Crippen LogP contribution in [0.4, 0.5) is 5.13 Å². The molecular formula is C18H18N4OS2. The molecule has 0 radical (unpaired) electrons. The van der Waals surface area contributed by atoms with Crippen molar-refractivity contribution in [2.45, 2.75) is 25.2 Å². The summed E-state index contributed by atoms with van der Waals surface area (Å²) in [6, 6.07) is 12.0. The maximum absolute atomic E-state index is 12.1. The molecule has 3 rings (SSSR count). The molecule has 0 aliphatic carbocycles. The Kier molecular flexibility index (Phi) is 5.78. The number of aromatic nitrogens is 3. The minimum absolute atomic E-state index is 0.0555. The van der Waals surface area contributed by atoms with E-state index in [0.717, 1.165) is 11.4 Å². The first kappa shape index (κ1) is 17.6. The minimum atomic E-state index is -0.0555. The molecule has 0 atom stereocenters. The second kappa shape index (κ2) is 8.22. The summed E-state index contributed by atoms with van der Waals surface area (Å²) in [5.41, 5.74) is 3.30. The molecule has 0 fully saturated rings. The number of carbonyl (C=O) groups excluding carboxylic acids is 1. The van der Waals surface area contributed by atoms with Crippen molar-refractivity contribution >= 4 is 34.1 Å². The van der Waals surface area contributed by atoms with Crippen molar-refractivity contribution in [3.8, 4) is 10.7 Å². The van der Waals surface area contributed by atoms with Gasteiger partial charge in [-0.2, -0.15) is 0 Å². The van der Waals surface area contributed by atoms with E-state index in [1.807, 2.05) is 18.2 Å². The molecule has 0 bridgehead atoms. The number of hydrogen-bond acceptors (Lipinski definition) is 6. The van der Waals surface area contributed by atoms with Crippen LogP contribution in [0.5, 0.6) is 0 Å². The van der Waals surface area contributed by atoms with Crippen LogP contribution in [0.15, 0.2) is 47.5 Å². The lowest BCUT2D eigenvalue weighted by atomic mass is 10.1. The van der Waals surface area contributed by atoms with Gasteiger partial charge in [-0.1, -0.05) is 23.5 Å². The van der Waals surface area contributed by atoms with Crippen LogP contribution in [0.1, 0.15) is 17.5 Å². The summed E-state index contributed by atoms with van der Waals surface area (Å²) in [6.07, 6.45) is 2.13. The Bertz CT molecular complexity index is 865. The Hall–Kier alpha value is -2.25. The van der Waals surface area contributed by atoms with Crippen LogP contribution in [0, 0.1) is 13.8 Å². The maximum Gasteiger partial charge on any atom is 0.227 e. The van der Waals surface area contributed by atoms with Crippen molar-refractivity contribution in [2.24, 2.45) is 0 Å². The summed E-state index contributed by atoms with van der Waals surface area (Å²) in [5, 5.41) is 12.1. The largest absolute Gasteiger partial charge is 0.300 e. The molecule has 5 nitrogen and oxygen atoms in total. The second-order valence-electron chi connectivity index (χ2n) is 5.52. The van der Waals surface area contributed by atoms with Crippen molar-refractivity contribution in [3.05, 3.63) is 53.7 Å². The average molecular weight is 371 g/mol. The second-order valence-corrected chi connectivity index (χ2v) is 7.67. The number of rotatable bonds is 6. The van der Waals surface area contributed by atoms with Gasteiger partial charge in [0.15, 0.2) is 5.01 Å². The number of benzene rings is 1. The third-order valence-corrected chi connectivity index (χ3v) is 5.49. The predicted molar refractivity (Wildman–Crippen MR) is 103 cm³/mol. The van der Waals surface area contributed by atoms with Crippen molar-refractivity contribution < 1.29 is 4.79 Å². The summed E-state index contributed by atoms with van der Waals surface area (Å²) >= 11 is 3.01. The monoisotopic (exact) mass is 370 g/mol. The third kappa shape index (κ3) is 4.87. The topological polar surface area (TPSA) is 67.8 Å². The number of carbonyl (C=O) groups is 1. The summed E-state index contributed by atoms with van der Waals surface area (Å²) in [6.45, 7) is 4.19. The Morgan fingerprint density at radius 2 is 2.04 bits per heavy atom. The first-order chi connectivity index (χ1) is 12.1. The van der Waals surface area contributed by atoms with Gasteiger partial charge in [0.1, 0.15) is 5.69 Å². The zero-order valence-electron chi connectivity index (χ0n) is 14.0. The van der Waals surface area contributed by atoms with Gasteiger partial charge in [0.05, 0.1) is 0 Å². The van der Waals surface area contributed by atoms with Gasteiger partial charge in [0, 0.05) is 23.3 Å². The third-order valence-electron chi connectivity index (χ3n) is 3.63. The minimum Gasteiger partial charge on any atom is -0.300 e. The van der Waals surface area contributed by atoms with Gasteiger partial charge >= 0.3 is 0 Å². The first-order valence-corrected chi connectivity index (χ1v) is 9.67. The molecule has 128 valence electrons. The van der Waals surface area contributed by atoms with E-state index < -0.39 is 0 Å². The van der Waals surface area contributed by atoms with Gasteiger partial charge in [-0.15, -0.1) is 22.0 Å². The average Bonchev–Trinajstić information content (AvgIpc) is 3.07. The lowest BCUT2D eigenvalue weighted by Crippen LogP contribution is -2.11. The van der Waals surface area contributed by atoms with E-state index in [0.29, 0.717) is 16.6 Å². The smallest absolute Gasteiger partial charge is 0.227 e. The molecule has 2 aromatic heterocycles. The van der Waals surface area contributed by atoms with Gasteiger partial charge in [-0.05, 0) is 49.2 Å². The van der Waals surface area contributed by atoms with Crippen molar-refractivity contribution in [1.29, 1.82) is 0 Å². The van der Waals surface area contributed by atoms with E-state index >= 15 is 0 Å². The molecule has 0 saturated carbocycles. The molecule has 1 N–H and O–H groups in total. The zero-order valence-corrected chi connectivity index (χ0v) is 15.7. The molecule has 0 spiro atoms. The van der Waals surface area contributed by atoms with Crippen LogP contribution in [0.3, 0.4) is 0 Å². The van der Waals surface area contributed by atoms with Gasteiger partial charge in [0.2, 0.25) is 11.0 Å². The lowest BCUT2D eigenvalue weighted by Gasteiger charge is -2.05. The van der Waals surface area contributed by atoms with Crippen LogP contribution < -0.4 is 5.32 Å². The SMILES string of the molecule is Cc1ccc(SCCC(=O)Nc2nnc(-c3ccccn3)s2)cc1C. The molecule has 0 saturated heterocycles. The number of hydrogen-bond donors (Lipinski definition) is 1. The van der Waals surface area contributed by atoms with E-state index in [2.05, 4.69) is 52.5 Å². The molecule has 3 aromatic rings. The summed E-state index contributed by atoms with van der Waals surface area (Å²) in [4.78, 5) is 17.5. The number of thioether (sulfide) groups is 1. The highest BCUT2D eigenvalue weighted by molar-refractivity contribution is 7.99. The Labute approximate surface area is 154 Å². The highest BCUT2D eigenvalue weighted by Crippen LogP contribution is 2.25. The fourth-order valence-corrected chi connectivity index (χ4v) is 3.80. The Morgan fingerprint density at radius 3 is 2.80 bits per heavy atom. The fourth-order valence-electron chi connectivity index (χ4n) is 2.11. The molecule has 2 heterocycles. The number of amides is 1. The molecule has 0 aliphatic heterocycles. The molecule has 1 aromatic carbocycles. The van der Waals surface area contributed by atoms with Crippen LogP contribution in [-0.2, 0) is 4.79 Å². The standard InChI is InChI=1S/C18H18N4OS2/c1-12-6-7-14(11-13(12)2)24-10-8-16(23)20-18-22-21-17(25-18)15-5-3-4-9-19-15/h3-7,9,11H,8,10H2,1-2H3,(H,20,22,23). The van der Waals surface area contributed by atoms with Crippen LogP contribution >= 0.6 is 23.1 Å². The van der Waals surface area contributed by atoms with E-state index in [4.69, 9.17) is 0 Å². The van der Waals surface area contributed by atoms with Gasteiger partial charge in [-0.25, -0.2) is 0 Å². The molecular weight excluding hydrogens is 352 g/mol. The van der Waals surface area contributed by atoms with Crippen molar-refractivity contribution in [2.75, 3.05) is 11.1 Å². The first-order valence-electron chi connectivity index (χ1n) is 7.86. The van der Waals surface area contributed by atoms with Crippen molar-refractivity contribution in [1.82, 2.24) is 15.2 Å². The summed E-state index contributed by atoms with van der Waals surface area (Å²) in [5.74, 6) is 0.667. The summed E-state index contributed by atoms with van der Waals surface area (Å²) < 4.78 is 0. The number of aryl methyl sites for hydroxylation is 2. The highest BCUT2D eigenvalue weighted by atomic mass is 32.2.